The molecular formula is C23H22FN7O. The minimum absolute atomic E-state index is 0.0632. The highest BCUT2D eigenvalue weighted by atomic mass is 19.1. The van der Waals surface area contributed by atoms with Crippen molar-refractivity contribution < 1.29 is 9.18 Å². The van der Waals surface area contributed by atoms with Crippen LogP contribution in [0.15, 0.2) is 36.7 Å². The van der Waals surface area contributed by atoms with Gasteiger partial charge in [-0.05, 0) is 48.6 Å². The first-order chi connectivity index (χ1) is 15.4. The summed E-state index contributed by atoms with van der Waals surface area (Å²) in [6.45, 7) is 4.52. The average molecular weight is 431 g/mol. The number of hydrogen-bond donors (Lipinski definition) is 3. The fourth-order valence-electron chi connectivity index (χ4n) is 3.98. The lowest BCUT2D eigenvalue weighted by molar-refractivity contribution is -0.121. The van der Waals surface area contributed by atoms with Crippen molar-refractivity contribution in [2.24, 2.45) is 0 Å². The van der Waals surface area contributed by atoms with E-state index in [-0.39, 0.29) is 18.3 Å². The molecule has 1 amide bonds. The number of halogens is 1. The second-order valence-corrected chi connectivity index (χ2v) is 7.95. The Morgan fingerprint density at radius 3 is 2.81 bits per heavy atom. The van der Waals surface area contributed by atoms with Crippen molar-refractivity contribution in [3.63, 3.8) is 0 Å². The molecule has 0 aliphatic carbocycles. The van der Waals surface area contributed by atoms with Crippen LogP contribution < -0.4 is 16.4 Å². The highest BCUT2D eigenvalue weighted by Gasteiger charge is 2.16. The second kappa shape index (κ2) is 7.60. The van der Waals surface area contributed by atoms with E-state index in [9.17, 15) is 9.18 Å². The van der Waals surface area contributed by atoms with Crippen LogP contribution in [0.2, 0.25) is 0 Å². The fourth-order valence-corrected chi connectivity index (χ4v) is 3.98. The Morgan fingerprint density at radius 2 is 1.97 bits per heavy atom. The number of carbonyl (C=O) groups is 1. The van der Waals surface area contributed by atoms with E-state index in [0.717, 1.165) is 22.5 Å². The first kappa shape index (κ1) is 19.9. The molecule has 0 saturated carbocycles. The van der Waals surface area contributed by atoms with E-state index in [1.807, 2.05) is 26.0 Å². The van der Waals surface area contributed by atoms with Gasteiger partial charge in [0, 0.05) is 48.1 Å². The summed E-state index contributed by atoms with van der Waals surface area (Å²) >= 11 is 0. The van der Waals surface area contributed by atoms with Crippen molar-refractivity contribution in [3.8, 4) is 11.1 Å². The summed E-state index contributed by atoms with van der Waals surface area (Å²) in [7, 11) is 0. The summed E-state index contributed by atoms with van der Waals surface area (Å²) < 4.78 is 16.5. The van der Waals surface area contributed by atoms with Gasteiger partial charge in [0.2, 0.25) is 5.91 Å². The van der Waals surface area contributed by atoms with Crippen molar-refractivity contribution in [1.29, 1.82) is 0 Å². The summed E-state index contributed by atoms with van der Waals surface area (Å²) in [5.41, 5.74) is 10.8. The van der Waals surface area contributed by atoms with Gasteiger partial charge in [-0.25, -0.2) is 9.37 Å². The predicted molar refractivity (Wildman–Crippen MR) is 121 cm³/mol. The van der Waals surface area contributed by atoms with E-state index in [0.29, 0.717) is 46.6 Å². The zero-order chi connectivity index (χ0) is 22.4. The Hall–Kier alpha value is -4.01. The Morgan fingerprint density at radius 1 is 1.12 bits per heavy atom. The Bertz CT molecular complexity index is 1380. The molecule has 8 nitrogen and oxygen atoms in total. The zero-order valence-electron chi connectivity index (χ0n) is 17.7. The molecule has 0 unspecified atom stereocenters. The van der Waals surface area contributed by atoms with Gasteiger partial charge in [0.1, 0.15) is 18.2 Å². The fraction of sp³-hybridized carbons (Fsp3) is 0.217. The molecule has 4 heterocycles. The van der Waals surface area contributed by atoms with Crippen LogP contribution in [0.4, 0.5) is 21.7 Å². The van der Waals surface area contributed by atoms with E-state index in [1.54, 1.807) is 16.9 Å². The van der Waals surface area contributed by atoms with Crippen LogP contribution >= 0.6 is 0 Å². The average Bonchev–Trinajstić information content (AvgIpc) is 3.03. The Kier molecular flexibility index (Phi) is 4.73. The molecule has 3 aromatic heterocycles. The monoisotopic (exact) mass is 431 g/mol. The molecule has 0 bridgehead atoms. The molecule has 0 spiro atoms. The van der Waals surface area contributed by atoms with Crippen LogP contribution in [0.3, 0.4) is 0 Å². The van der Waals surface area contributed by atoms with Crippen LogP contribution in [0.1, 0.15) is 17.0 Å². The van der Waals surface area contributed by atoms with E-state index < -0.39 is 0 Å². The molecule has 1 aliphatic heterocycles. The number of rotatable bonds is 3. The number of pyridine rings is 2. The minimum atomic E-state index is -0.366. The number of amides is 1. The molecule has 0 saturated heterocycles. The van der Waals surface area contributed by atoms with Crippen LogP contribution in [0.25, 0.3) is 21.9 Å². The van der Waals surface area contributed by atoms with E-state index in [2.05, 4.69) is 25.7 Å². The van der Waals surface area contributed by atoms with Gasteiger partial charge in [0.25, 0.3) is 0 Å². The summed E-state index contributed by atoms with van der Waals surface area (Å²) in [6.07, 6.45) is 3.92. The predicted octanol–water partition coefficient (Wildman–Crippen LogP) is 3.25. The van der Waals surface area contributed by atoms with Crippen LogP contribution in [0.5, 0.6) is 0 Å². The lowest BCUT2D eigenvalue weighted by Crippen LogP contribution is -2.25. The molecule has 0 fully saturated rings. The molecular weight excluding hydrogens is 409 g/mol. The number of aromatic nitrogens is 4. The first-order valence-corrected chi connectivity index (χ1v) is 10.3. The van der Waals surface area contributed by atoms with Crippen molar-refractivity contribution >= 4 is 34.0 Å². The molecule has 0 atom stereocenters. The molecule has 0 radical (unpaired) electrons. The topological polar surface area (TPSA) is 111 Å². The third-order valence-electron chi connectivity index (χ3n) is 5.80. The van der Waals surface area contributed by atoms with Gasteiger partial charge in [-0.3, -0.25) is 14.5 Å². The smallest absolute Gasteiger partial charge is 0.241 e. The van der Waals surface area contributed by atoms with Crippen LogP contribution in [0, 0.1) is 19.7 Å². The first-order valence-electron chi connectivity index (χ1n) is 10.3. The lowest BCUT2D eigenvalue weighted by atomic mass is 9.98. The van der Waals surface area contributed by atoms with Crippen LogP contribution in [-0.4, -0.2) is 32.2 Å². The minimum Gasteiger partial charge on any atom is -0.397 e. The molecule has 4 N–H and O–H groups in total. The van der Waals surface area contributed by atoms with Gasteiger partial charge in [-0.15, -0.1) is 0 Å². The number of benzene rings is 1. The Labute approximate surface area is 183 Å². The molecule has 9 heteroatoms. The maximum atomic E-state index is 14.9. The summed E-state index contributed by atoms with van der Waals surface area (Å²) in [5.74, 6) is 0.691. The highest BCUT2D eigenvalue weighted by molar-refractivity contribution is 5.90. The van der Waals surface area contributed by atoms with Crippen molar-refractivity contribution in [2.45, 2.75) is 26.8 Å². The highest BCUT2D eigenvalue weighted by Crippen LogP contribution is 2.32. The molecule has 1 aliphatic rings. The van der Waals surface area contributed by atoms with Gasteiger partial charge in [0.05, 0.1) is 11.4 Å². The molecule has 4 aromatic rings. The van der Waals surface area contributed by atoms with Gasteiger partial charge in [0.15, 0.2) is 5.82 Å². The number of nitrogen functional groups attached to an aromatic ring is 1. The van der Waals surface area contributed by atoms with E-state index in [4.69, 9.17) is 5.73 Å². The third-order valence-corrected chi connectivity index (χ3v) is 5.80. The largest absolute Gasteiger partial charge is 0.397 e. The quantitative estimate of drug-likeness (QED) is 0.459. The van der Waals surface area contributed by atoms with Crippen molar-refractivity contribution in [1.82, 2.24) is 25.1 Å². The summed E-state index contributed by atoms with van der Waals surface area (Å²) in [5, 5.41) is 11.6. The number of nitrogens with zero attached hydrogens (tertiary/aromatic N) is 4. The van der Waals surface area contributed by atoms with Gasteiger partial charge in [-0.2, -0.15) is 5.10 Å². The lowest BCUT2D eigenvalue weighted by Gasteiger charge is -2.12. The van der Waals surface area contributed by atoms with Crippen molar-refractivity contribution in [3.05, 3.63) is 59.4 Å². The molecule has 1 aromatic carbocycles. The maximum Gasteiger partial charge on any atom is 0.241 e. The second-order valence-electron chi connectivity index (χ2n) is 7.95. The normalized spacial score (nSPS) is 13.5. The third kappa shape index (κ3) is 3.51. The number of anilines is 3. The number of aryl methyl sites for hydroxylation is 1. The van der Waals surface area contributed by atoms with E-state index in [1.165, 1.54) is 12.3 Å². The molecule has 162 valence electrons. The van der Waals surface area contributed by atoms with Crippen molar-refractivity contribution in [2.75, 3.05) is 17.6 Å². The number of nitrogens with one attached hydrogen (secondary N) is 2. The summed E-state index contributed by atoms with van der Waals surface area (Å²) in [6, 6.07) is 7.05. The van der Waals surface area contributed by atoms with E-state index >= 15 is 0 Å². The standard InChI is InChI=1S/C23H22FN7O/c1-12-17(9-27-13(2)23(12)25)14-5-15-7-20(28-10-18(15)19(24)6-14)29-21-8-16-3-4-26-22(32)11-31(16)30-21/h5-10H,3-4,11,25H2,1-2H3,(H,26,32)(H,28,29,30). The number of nitrogens with two attached hydrogens (primary N) is 1. The molecule has 32 heavy (non-hydrogen) atoms. The Balaban J connectivity index is 1.51. The summed E-state index contributed by atoms with van der Waals surface area (Å²) in [4.78, 5) is 20.4. The van der Waals surface area contributed by atoms with Gasteiger partial charge in [-0.1, -0.05) is 0 Å². The zero-order valence-corrected chi connectivity index (χ0v) is 17.7. The number of fused-ring (bicyclic) bond motifs is 2. The number of carbonyl (C=O) groups excluding carboxylic acids is 1. The maximum absolute atomic E-state index is 14.9. The molecule has 5 rings (SSSR count). The van der Waals surface area contributed by atoms with Crippen LogP contribution in [-0.2, 0) is 17.8 Å². The van der Waals surface area contributed by atoms with Gasteiger partial charge >= 0.3 is 0 Å². The number of hydrogen-bond acceptors (Lipinski definition) is 6. The SMILES string of the molecule is Cc1ncc(-c2cc(F)c3cnc(Nc4cc5n(n4)CC(=O)NCC5)cc3c2)c(C)c1N. The van der Waals surface area contributed by atoms with Gasteiger partial charge < -0.3 is 16.4 Å².